The van der Waals surface area contributed by atoms with Gasteiger partial charge in [-0.15, -0.1) is 0 Å². The molecule has 0 fully saturated rings. The van der Waals surface area contributed by atoms with Crippen molar-refractivity contribution < 1.29 is 67.7 Å². The van der Waals surface area contributed by atoms with Gasteiger partial charge in [0.25, 0.3) is 0 Å². The molecule has 0 radical (unpaired) electrons. The van der Waals surface area contributed by atoms with Crippen molar-refractivity contribution in [2.75, 3.05) is 30.4 Å². The van der Waals surface area contributed by atoms with E-state index in [1.807, 2.05) is 59.9 Å². The minimum Gasteiger partial charge on any atom is -0.741 e. The molecule has 1 aromatic heterocycles. The number of rotatable bonds is 11. The minimum absolute atomic E-state index is 0.0937. The summed E-state index contributed by atoms with van der Waals surface area (Å²) >= 11 is 0. The fourth-order valence-electron chi connectivity index (χ4n) is 4.96. The Morgan fingerprint density at radius 1 is 0.750 bits per heavy atom. The van der Waals surface area contributed by atoms with Crippen molar-refractivity contribution >= 4 is 61.3 Å². The molecule has 19 heteroatoms. The van der Waals surface area contributed by atoms with E-state index in [9.17, 15) is 40.7 Å². The molecule has 0 aliphatic carbocycles. The molecule has 0 aliphatic heterocycles. The number of halogens is 6. The average molecular weight is 761 g/mol. The van der Waals surface area contributed by atoms with E-state index in [2.05, 4.69) is 15.2 Å². The molecule has 1 heterocycles. The van der Waals surface area contributed by atoms with Crippen molar-refractivity contribution in [3.63, 3.8) is 0 Å². The molecule has 0 aliphatic rings. The number of carbonyl (C=O) groups excluding carboxylic acids is 3. The molecule has 0 spiro atoms. The van der Waals surface area contributed by atoms with Crippen LogP contribution in [-0.2, 0) is 30.9 Å². The van der Waals surface area contributed by atoms with E-state index in [1.54, 1.807) is 26.0 Å². The molecule has 0 unspecified atom stereocenters. The smallest absolute Gasteiger partial charge is 0.485 e. The van der Waals surface area contributed by atoms with Crippen molar-refractivity contribution in [1.82, 2.24) is 5.32 Å². The molecule has 4 rings (SSSR count). The molecule has 0 saturated carbocycles. The van der Waals surface area contributed by atoms with Gasteiger partial charge in [0.2, 0.25) is 11.2 Å². The van der Waals surface area contributed by atoms with Crippen LogP contribution in [0, 0.1) is 0 Å². The first kappa shape index (κ1) is 41.3. The van der Waals surface area contributed by atoms with E-state index in [0.717, 1.165) is 32.9 Å². The molecule has 3 N–H and O–H groups in total. The van der Waals surface area contributed by atoms with Crippen molar-refractivity contribution in [2.24, 2.45) is 0 Å². The van der Waals surface area contributed by atoms with Gasteiger partial charge in [0, 0.05) is 35.7 Å². The SMILES string of the molecule is CCOC(=O)Nc1ccc2c(c1)c(-c1ccccc1)[n+](CCCCCNC(=O)C(F)(F)F)c1cc(NC(=O)OCC)ccc21.O=S(=O)([O-])C(F)(F)F. The number of nitrogens with one attached hydrogen (secondary N) is 3. The van der Waals surface area contributed by atoms with Gasteiger partial charge in [-0.3, -0.25) is 15.4 Å². The lowest BCUT2D eigenvalue weighted by atomic mass is 9.97. The summed E-state index contributed by atoms with van der Waals surface area (Å²) in [6.45, 7) is 4.25. The number of pyridine rings is 1. The fourth-order valence-corrected chi connectivity index (χ4v) is 4.96. The summed E-state index contributed by atoms with van der Waals surface area (Å²) in [5.74, 6) is -1.95. The highest BCUT2D eigenvalue weighted by Crippen LogP contribution is 2.34. The number of benzene rings is 3. The van der Waals surface area contributed by atoms with Gasteiger partial charge in [0.1, 0.15) is 6.54 Å². The third-order valence-corrected chi connectivity index (χ3v) is 7.67. The summed E-state index contributed by atoms with van der Waals surface area (Å²) < 4.78 is 109. The molecule has 282 valence electrons. The lowest BCUT2D eigenvalue weighted by Crippen LogP contribution is -2.38. The molecular weight excluding hydrogens is 726 g/mol. The van der Waals surface area contributed by atoms with Crippen LogP contribution in [0.3, 0.4) is 0 Å². The fraction of sp³-hybridized carbons (Fsp3) is 0.333. The number of aryl methyl sites for hydroxylation is 1. The topological polar surface area (TPSA) is 167 Å². The van der Waals surface area contributed by atoms with Crippen LogP contribution in [0.25, 0.3) is 32.9 Å². The summed E-state index contributed by atoms with van der Waals surface area (Å²) in [7, 11) is -6.09. The molecule has 52 heavy (non-hydrogen) atoms. The molecule has 12 nitrogen and oxygen atoms in total. The zero-order valence-electron chi connectivity index (χ0n) is 27.7. The van der Waals surface area contributed by atoms with E-state index in [4.69, 9.17) is 22.4 Å². The molecule has 0 saturated heterocycles. The second kappa shape index (κ2) is 17.9. The van der Waals surface area contributed by atoms with Gasteiger partial charge in [0.05, 0.1) is 29.7 Å². The number of hydrogen-bond donors (Lipinski definition) is 3. The van der Waals surface area contributed by atoms with Gasteiger partial charge in [-0.2, -0.15) is 30.9 Å². The molecule has 3 amide bonds. The van der Waals surface area contributed by atoms with Crippen molar-refractivity contribution in [2.45, 2.75) is 51.3 Å². The molecule has 4 aromatic rings. The number of fused-ring (bicyclic) bond motifs is 3. The normalized spacial score (nSPS) is 11.7. The molecule has 3 aromatic carbocycles. The monoisotopic (exact) mass is 760 g/mol. The molecular formula is C33H34F6N4O8S. The quantitative estimate of drug-likeness (QED) is 0.0368. The third-order valence-electron chi connectivity index (χ3n) is 7.10. The van der Waals surface area contributed by atoms with Crippen LogP contribution in [0.1, 0.15) is 33.1 Å². The van der Waals surface area contributed by atoms with Gasteiger partial charge in [-0.1, -0.05) is 24.3 Å². The van der Waals surface area contributed by atoms with Crippen LogP contribution >= 0.6 is 0 Å². The maximum absolute atomic E-state index is 12.5. The lowest BCUT2D eigenvalue weighted by Gasteiger charge is -2.15. The number of anilines is 2. The van der Waals surface area contributed by atoms with Gasteiger partial charge >= 0.3 is 29.8 Å². The van der Waals surface area contributed by atoms with Gasteiger partial charge in [-0.25, -0.2) is 18.0 Å². The zero-order valence-corrected chi connectivity index (χ0v) is 28.5. The van der Waals surface area contributed by atoms with Crippen molar-refractivity contribution in [3.05, 3.63) is 66.7 Å². The van der Waals surface area contributed by atoms with E-state index >= 15 is 0 Å². The Labute approximate surface area is 293 Å². The third kappa shape index (κ3) is 11.4. The summed E-state index contributed by atoms with van der Waals surface area (Å²) in [4.78, 5) is 35.6. The minimum atomic E-state index is -6.09. The number of alkyl halides is 6. The summed E-state index contributed by atoms with van der Waals surface area (Å²) in [6.07, 6.45) is -4.58. The number of ether oxygens (including phenoxy) is 2. The Morgan fingerprint density at radius 2 is 1.29 bits per heavy atom. The van der Waals surface area contributed by atoms with Gasteiger partial charge in [-0.05, 0) is 63.1 Å². The number of aromatic nitrogens is 1. The first-order chi connectivity index (χ1) is 24.4. The van der Waals surface area contributed by atoms with Gasteiger partial charge in [0.15, 0.2) is 10.1 Å². The number of nitrogens with zero attached hydrogens (tertiary/aromatic N) is 1. The van der Waals surface area contributed by atoms with E-state index in [1.165, 1.54) is 0 Å². The second-order valence-electron chi connectivity index (χ2n) is 10.8. The van der Waals surface area contributed by atoms with Crippen LogP contribution in [0.5, 0.6) is 0 Å². The molecule has 0 bridgehead atoms. The highest BCUT2D eigenvalue weighted by Gasteiger charge is 2.38. The highest BCUT2D eigenvalue weighted by molar-refractivity contribution is 7.86. The Balaban J connectivity index is 0.000000815. The number of unbranched alkanes of at least 4 members (excludes halogenated alkanes) is 2. The van der Waals surface area contributed by atoms with Crippen LogP contribution < -0.4 is 20.5 Å². The van der Waals surface area contributed by atoms with Crippen LogP contribution in [0.4, 0.5) is 47.3 Å². The van der Waals surface area contributed by atoms with Crippen LogP contribution in [0.2, 0.25) is 0 Å². The van der Waals surface area contributed by atoms with Crippen molar-refractivity contribution in [3.8, 4) is 11.3 Å². The Hall–Kier alpha value is -5.17. The highest BCUT2D eigenvalue weighted by atomic mass is 32.2. The lowest BCUT2D eigenvalue weighted by molar-refractivity contribution is -0.659. The van der Waals surface area contributed by atoms with E-state index in [-0.39, 0.29) is 19.8 Å². The molecule has 0 atom stereocenters. The van der Waals surface area contributed by atoms with Gasteiger partial charge < -0.3 is 19.3 Å². The number of carbonyl (C=O) groups is 3. The Morgan fingerprint density at radius 3 is 1.81 bits per heavy atom. The second-order valence-corrected chi connectivity index (χ2v) is 12.1. The largest absolute Gasteiger partial charge is 0.741 e. The first-order valence-electron chi connectivity index (χ1n) is 15.6. The van der Waals surface area contributed by atoms with E-state index in [0.29, 0.717) is 37.2 Å². The maximum Gasteiger partial charge on any atom is 0.485 e. The summed E-state index contributed by atoms with van der Waals surface area (Å²) in [6, 6.07) is 20.8. The standard InChI is InChI=1S/C32H33F3N4O5.CHF3O3S/c1-3-43-30(41)37-22-13-15-24-25-16-14-23(38-31(42)44-4-2)20-27(25)39(18-10-6-9-17-36-29(40)32(33,34)35)28(26(24)19-22)21-11-7-5-8-12-21;2-1(3,4)8(5,6)7/h5,7-8,11-16,19-20H,3-4,6,9-10,17-18H2,1-2H3,(H2,36,37,40,41);(H,5,6,7). The summed E-state index contributed by atoms with van der Waals surface area (Å²) in [5.41, 5.74) is -2.03. The predicted octanol–water partition coefficient (Wildman–Crippen LogP) is 6.98. The predicted molar refractivity (Wildman–Crippen MR) is 177 cm³/mol. The van der Waals surface area contributed by atoms with Crippen molar-refractivity contribution in [1.29, 1.82) is 0 Å². The maximum atomic E-state index is 12.5. The zero-order chi connectivity index (χ0) is 38.7. The Kier molecular flexibility index (Phi) is 14.2. The van der Waals surface area contributed by atoms with Crippen LogP contribution in [-0.4, -0.2) is 62.5 Å². The van der Waals surface area contributed by atoms with E-state index < -0.39 is 39.9 Å². The summed E-state index contributed by atoms with van der Waals surface area (Å²) in [5, 5.41) is 10.1. The number of amides is 3. The Bertz CT molecular complexity index is 1990. The average Bonchev–Trinajstić information content (AvgIpc) is 3.05. The first-order valence-corrected chi connectivity index (χ1v) is 17.0. The number of hydrogen-bond acceptors (Lipinski definition) is 8. The van der Waals surface area contributed by atoms with Crippen LogP contribution in [0.15, 0.2) is 66.7 Å².